The molecule has 0 spiro atoms. The molecule has 3 rings (SSSR count). The van der Waals surface area contributed by atoms with E-state index in [2.05, 4.69) is 31.5 Å². The molecule has 0 aromatic carbocycles. The Labute approximate surface area is 164 Å². The Balaban J connectivity index is 1.59. The van der Waals surface area contributed by atoms with E-state index in [-0.39, 0.29) is 11.6 Å². The lowest BCUT2D eigenvalue weighted by molar-refractivity contribution is -0.121. The van der Waals surface area contributed by atoms with E-state index in [9.17, 15) is 4.79 Å². The second-order valence-corrected chi connectivity index (χ2v) is 7.12. The number of nitrogens with zero attached hydrogens (tertiary/aromatic N) is 5. The zero-order valence-electron chi connectivity index (χ0n) is 16.9. The number of rotatable bonds is 9. The van der Waals surface area contributed by atoms with Crippen molar-refractivity contribution < 1.29 is 9.53 Å². The summed E-state index contributed by atoms with van der Waals surface area (Å²) in [5.41, 5.74) is 3.45. The summed E-state index contributed by atoms with van der Waals surface area (Å²) in [6.45, 7) is 4.53. The maximum atomic E-state index is 12.3. The monoisotopic (exact) mass is 382 g/mol. The van der Waals surface area contributed by atoms with Crippen LogP contribution in [0.3, 0.4) is 0 Å². The number of nitrogens with one attached hydrogen (secondary N) is 1. The molecule has 1 aliphatic rings. The van der Waals surface area contributed by atoms with Gasteiger partial charge in [0.1, 0.15) is 0 Å². The van der Waals surface area contributed by atoms with Gasteiger partial charge in [0, 0.05) is 45.0 Å². The predicted molar refractivity (Wildman–Crippen MR) is 106 cm³/mol. The van der Waals surface area contributed by atoms with Crippen LogP contribution in [0.15, 0.2) is 10.2 Å². The second-order valence-electron chi connectivity index (χ2n) is 7.12. The first-order valence-corrected chi connectivity index (χ1v) is 9.42. The maximum absolute atomic E-state index is 12.3. The highest BCUT2D eigenvalue weighted by Crippen LogP contribution is 2.36. The summed E-state index contributed by atoms with van der Waals surface area (Å²) in [5.74, 6) is 3.17. The number of hydrogen-bond acceptors (Lipinski definition) is 6. The Kier molecular flexibility index (Phi) is 5.63. The topological polar surface area (TPSA) is 93.8 Å². The SMILES string of the molecule is C#CCCC1(CCNC(=O)CCc2c(C)nc3c(c(OC)nn3C)c2C)N=N1. The molecule has 0 radical (unpaired) electrons. The van der Waals surface area contributed by atoms with Gasteiger partial charge in [0.05, 0.1) is 12.5 Å². The zero-order chi connectivity index (χ0) is 20.3. The first-order valence-electron chi connectivity index (χ1n) is 9.42. The van der Waals surface area contributed by atoms with Gasteiger partial charge >= 0.3 is 0 Å². The van der Waals surface area contributed by atoms with Gasteiger partial charge < -0.3 is 10.1 Å². The highest BCUT2D eigenvalue weighted by molar-refractivity contribution is 5.86. The number of amides is 1. The van der Waals surface area contributed by atoms with E-state index in [1.165, 1.54) is 0 Å². The Morgan fingerprint density at radius 2 is 2.07 bits per heavy atom. The van der Waals surface area contributed by atoms with Crippen molar-refractivity contribution in [2.45, 2.75) is 51.6 Å². The number of aryl methyl sites for hydroxylation is 3. The van der Waals surface area contributed by atoms with Crippen LogP contribution < -0.4 is 10.1 Å². The second kappa shape index (κ2) is 7.97. The molecule has 0 saturated heterocycles. The van der Waals surface area contributed by atoms with Gasteiger partial charge in [0.25, 0.3) is 0 Å². The molecule has 1 aliphatic heterocycles. The third-order valence-corrected chi connectivity index (χ3v) is 5.22. The summed E-state index contributed by atoms with van der Waals surface area (Å²) in [4.78, 5) is 16.9. The summed E-state index contributed by atoms with van der Waals surface area (Å²) < 4.78 is 7.10. The van der Waals surface area contributed by atoms with Gasteiger partial charge in [-0.1, -0.05) is 0 Å². The Hall–Kier alpha value is -2.95. The molecule has 0 bridgehead atoms. The number of pyridine rings is 1. The third-order valence-electron chi connectivity index (χ3n) is 5.22. The number of hydrogen-bond donors (Lipinski definition) is 1. The Bertz CT molecular complexity index is 963. The number of carbonyl (C=O) groups excluding carboxylic acids is 1. The Morgan fingerprint density at radius 3 is 2.71 bits per heavy atom. The van der Waals surface area contributed by atoms with E-state index in [0.717, 1.165) is 34.3 Å². The van der Waals surface area contributed by atoms with Crippen molar-refractivity contribution in [1.82, 2.24) is 20.1 Å². The average molecular weight is 382 g/mol. The van der Waals surface area contributed by atoms with Gasteiger partial charge in [0.2, 0.25) is 11.8 Å². The number of carbonyl (C=O) groups is 1. The van der Waals surface area contributed by atoms with Crippen molar-refractivity contribution >= 4 is 16.9 Å². The van der Waals surface area contributed by atoms with Crippen LogP contribution in [0, 0.1) is 26.2 Å². The minimum atomic E-state index is -0.362. The highest BCUT2D eigenvalue weighted by Gasteiger charge is 2.38. The molecule has 1 N–H and O–H groups in total. The molecule has 148 valence electrons. The summed E-state index contributed by atoms with van der Waals surface area (Å²) in [7, 11) is 3.45. The number of aromatic nitrogens is 3. The standard InChI is InChI=1S/C20H26N6O2/c1-6-7-10-20(24-25-20)11-12-21-16(27)9-8-15-13(2)17-18(22-14(15)3)26(4)23-19(17)28-5/h1H,7-12H2,2-5H3,(H,21,27). The third kappa shape index (κ3) is 3.98. The fourth-order valence-corrected chi connectivity index (χ4v) is 3.50. The van der Waals surface area contributed by atoms with Crippen LogP contribution >= 0.6 is 0 Å². The molecule has 2 aromatic rings. The van der Waals surface area contributed by atoms with E-state index in [0.29, 0.717) is 38.1 Å². The molecule has 28 heavy (non-hydrogen) atoms. The Morgan fingerprint density at radius 1 is 1.32 bits per heavy atom. The van der Waals surface area contributed by atoms with Crippen LogP contribution in [0.5, 0.6) is 5.88 Å². The molecule has 2 aromatic heterocycles. The molecule has 8 heteroatoms. The molecule has 0 unspecified atom stereocenters. The van der Waals surface area contributed by atoms with E-state index in [4.69, 9.17) is 11.2 Å². The zero-order valence-corrected chi connectivity index (χ0v) is 16.9. The number of fused-ring (bicyclic) bond motifs is 1. The minimum Gasteiger partial charge on any atom is -0.479 e. The number of terminal acetylenes is 1. The normalized spacial score (nSPS) is 14.1. The van der Waals surface area contributed by atoms with Gasteiger partial charge in [-0.3, -0.25) is 4.79 Å². The van der Waals surface area contributed by atoms with E-state index in [1.807, 2.05) is 20.9 Å². The smallest absolute Gasteiger partial charge is 0.242 e. The molecule has 3 heterocycles. The molecule has 1 amide bonds. The van der Waals surface area contributed by atoms with Crippen molar-refractivity contribution in [3.63, 3.8) is 0 Å². The van der Waals surface area contributed by atoms with E-state index in [1.54, 1.807) is 11.8 Å². The predicted octanol–water partition coefficient (Wildman–Crippen LogP) is 2.61. The number of ether oxygens (including phenoxy) is 1. The summed E-state index contributed by atoms with van der Waals surface area (Å²) in [5, 5.41) is 16.4. The molecule has 0 aliphatic carbocycles. The summed E-state index contributed by atoms with van der Waals surface area (Å²) in [6.07, 6.45) is 8.38. The molecular weight excluding hydrogens is 356 g/mol. The lowest BCUT2D eigenvalue weighted by Gasteiger charge is -2.12. The maximum Gasteiger partial charge on any atom is 0.242 e. The van der Waals surface area contributed by atoms with Crippen LogP contribution in [0.1, 0.15) is 42.5 Å². The fraction of sp³-hybridized carbons (Fsp3) is 0.550. The van der Waals surface area contributed by atoms with Crippen LogP contribution in [0.2, 0.25) is 0 Å². The van der Waals surface area contributed by atoms with Crippen LogP contribution in [0.4, 0.5) is 0 Å². The number of methoxy groups -OCH3 is 1. The van der Waals surface area contributed by atoms with E-state index < -0.39 is 0 Å². The quantitative estimate of drug-likeness (QED) is 0.675. The average Bonchev–Trinajstić information content (AvgIpc) is 3.36. The van der Waals surface area contributed by atoms with Crippen molar-refractivity contribution in [3.8, 4) is 18.2 Å². The van der Waals surface area contributed by atoms with Crippen LogP contribution in [-0.2, 0) is 18.3 Å². The van der Waals surface area contributed by atoms with E-state index >= 15 is 0 Å². The molecule has 0 fully saturated rings. The van der Waals surface area contributed by atoms with Crippen LogP contribution in [-0.4, -0.2) is 40.0 Å². The molecule has 8 nitrogen and oxygen atoms in total. The van der Waals surface area contributed by atoms with Gasteiger partial charge in [-0.2, -0.15) is 10.2 Å². The van der Waals surface area contributed by atoms with Crippen LogP contribution in [0.25, 0.3) is 11.0 Å². The molecule has 0 saturated carbocycles. The molecule has 0 atom stereocenters. The largest absolute Gasteiger partial charge is 0.479 e. The van der Waals surface area contributed by atoms with Gasteiger partial charge in [-0.25, -0.2) is 9.67 Å². The first-order chi connectivity index (χ1) is 13.4. The van der Waals surface area contributed by atoms with Crippen molar-refractivity contribution in [1.29, 1.82) is 0 Å². The van der Waals surface area contributed by atoms with Crippen molar-refractivity contribution in [2.24, 2.45) is 17.3 Å². The minimum absolute atomic E-state index is 0.00444. The highest BCUT2D eigenvalue weighted by atomic mass is 16.5. The summed E-state index contributed by atoms with van der Waals surface area (Å²) >= 11 is 0. The van der Waals surface area contributed by atoms with Crippen molar-refractivity contribution in [2.75, 3.05) is 13.7 Å². The first kappa shape index (κ1) is 19.8. The van der Waals surface area contributed by atoms with Gasteiger partial charge in [-0.15, -0.1) is 17.4 Å². The lowest BCUT2D eigenvalue weighted by Crippen LogP contribution is -2.28. The summed E-state index contributed by atoms with van der Waals surface area (Å²) in [6, 6.07) is 0. The fourth-order valence-electron chi connectivity index (χ4n) is 3.50. The lowest BCUT2D eigenvalue weighted by atomic mass is 10.00. The molecular formula is C20H26N6O2. The van der Waals surface area contributed by atoms with Crippen molar-refractivity contribution in [3.05, 3.63) is 16.8 Å². The van der Waals surface area contributed by atoms with Gasteiger partial charge in [0.15, 0.2) is 11.3 Å². The van der Waals surface area contributed by atoms with Gasteiger partial charge in [-0.05, 0) is 31.4 Å².